The van der Waals surface area contributed by atoms with Crippen LogP contribution in [0.4, 0.5) is 0 Å². The molecule has 0 heterocycles. The zero-order chi connectivity index (χ0) is 5.91. The first-order chi connectivity index (χ1) is 3.06. The molecule has 0 saturated heterocycles. The van der Waals surface area contributed by atoms with Gasteiger partial charge in [0.1, 0.15) is 0 Å². The Hall–Kier alpha value is 5.05. The molecule has 0 spiro atoms. The van der Waals surface area contributed by atoms with E-state index in [-0.39, 0.29) is 175 Å². The van der Waals surface area contributed by atoms with Crippen LogP contribution in [-0.4, -0.2) is 9.05 Å². The molecule has 0 radical (unpaired) electrons. The third-order valence-electron chi connectivity index (χ3n) is 0.228. The van der Waals surface area contributed by atoms with Crippen LogP contribution in [0.25, 0.3) is 0 Å². The molecule has 0 unspecified atom stereocenters. The van der Waals surface area contributed by atoms with Crippen molar-refractivity contribution in [3.05, 3.63) is 12.8 Å². The van der Waals surface area contributed by atoms with Crippen LogP contribution in [0.2, 0.25) is 0 Å². The van der Waals surface area contributed by atoms with Crippen LogP contribution < -0.4 is 189 Å². The molecule has 0 aromatic carbocycles. The van der Waals surface area contributed by atoms with Gasteiger partial charge in [0, 0.05) is 0 Å². The van der Waals surface area contributed by atoms with E-state index in [1.807, 2.05) is 0 Å². The van der Waals surface area contributed by atoms with Crippen LogP contribution in [0.1, 0.15) is 0 Å². The van der Waals surface area contributed by atoms with Crippen molar-refractivity contribution in [3.63, 3.8) is 0 Å². The van der Waals surface area contributed by atoms with Crippen LogP contribution >= 0.6 is 0 Å². The second-order valence-electron chi connectivity index (χ2n) is 0.785. The molecular weight excluding hydrogens is 373 g/mol. The van der Waals surface area contributed by atoms with Crippen molar-refractivity contribution < 1.29 is 193 Å². The van der Waals surface area contributed by atoms with E-state index in [1.54, 1.807) is 0 Å². The summed E-state index contributed by atoms with van der Waals surface area (Å²) in [7, 11) is -5.03. The largest absolute Gasteiger partial charge is 1.00 e. The van der Waals surface area contributed by atoms with Crippen molar-refractivity contribution in [3.8, 4) is 0 Å². The van der Waals surface area contributed by atoms with Crippen molar-refractivity contribution in [2.24, 2.45) is 0 Å². The molecule has 4 nitrogen and oxygen atoms in total. The number of rotatable bonds is 2. The zero-order valence-corrected chi connectivity index (χ0v) is 22.2. The summed E-state index contributed by atoms with van der Waals surface area (Å²) in [5.41, 5.74) is 0. The van der Waals surface area contributed by atoms with E-state index in [4.69, 9.17) is 0 Å². The summed E-state index contributed by atoms with van der Waals surface area (Å²) in [5, 5.41) is 0. The number of hydrogen-bond acceptors (Lipinski definition) is 4. The third kappa shape index (κ3) is 23.1. The van der Waals surface area contributed by atoms with Gasteiger partial charge in [-0.3, -0.25) is 0 Å². The summed E-state index contributed by atoms with van der Waals surface area (Å²) in [5.74, 6) is 0. The fraction of sp³-hybridized carbons (Fsp3) is 0. The van der Waals surface area contributed by atoms with Gasteiger partial charge in [-0.05, 0) is 9.05 Å². The summed E-state index contributed by atoms with van der Waals surface area (Å²) >= 11 is 0. The summed E-state index contributed by atoms with van der Waals surface area (Å²) in [6.45, 7) is 2.86. The molecule has 0 amide bonds. The van der Waals surface area contributed by atoms with Crippen molar-refractivity contribution in [2.75, 3.05) is 0 Å². The van der Waals surface area contributed by atoms with Crippen LogP contribution in [-0.2, 0) is 4.43 Å². The van der Waals surface area contributed by atoms with Crippen LogP contribution in [0.15, 0.2) is 12.8 Å². The van der Waals surface area contributed by atoms with E-state index < -0.39 is 9.05 Å². The van der Waals surface area contributed by atoms with Crippen molar-refractivity contribution in [1.29, 1.82) is 0 Å². The zero-order valence-electron chi connectivity index (χ0n) is 6.42. The van der Waals surface area contributed by atoms with Crippen LogP contribution in [0.5, 0.6) is 0 Å². The molecule has 0 saturated carbocycles. The maximum atomic E-state index is 9.44. The second-order valence-corrected chi connectivity index (χ2v) is 2.02. The quantitative estimate of drug-likeness (QED) is 0.355. The smallest absolute Gasteiger partial charge is 0.851 e. The Bertz CT molecular complexity index is 73.4. The van der Waals surface area contributed by atoms with Gasteiger partial charge in [0.2, 0.25) is 0 Å². The third-order valence-corrected chi connectivity index (χ3v) is 0.683. The van der Waals surface area contributed by atoms with Gasteiger partial charge in [0.15, 0.2) is 0 Å². The van der Waals surface area contributed by atoms with E-state index in [1.165, 1.54) is 0 Å². The summed E-state index contributed by atoms with van der Waals surface area (Å²) in [4.78, 5) is 28.3. The minimum atomic E-state index is -5.03. The fourth-order valence-corrected chi connectivity index (χ4v) is 0.306. The maximum Gasteiger partial charge on any atom is 1.00 e. The van der Waals surface area contributed by atoms with Gasteiger partial charge in [0.05, 0.1) is 6.26 Å². The molecule has 0 bridgehead atoms. The first kappa shape index (κ1) is 24.3. The Morgan fingerprint density at radius 2 is 1.40 bits per heavy atom. The summed E-state index contributed by atoms with van der Waals surface area (Å²) in [6, 6.07) is 0. The van der Waals surface area contributed by atoms with Crippen LogP contribution in [0, 0.1) is 0 Å². The van der Waals surface area contributed by atoms with Gasteiger partial charge in [-0.15, -0.1) is 0 Å². The van der Waals surface area contributed by atoms with Gasteiger partial charge in [0.25, 0.3) is 0 Å². The minimum Gasteiger partial charge on any atom is -0.851 e. The monoisotopic (exact) mass is 374 g/mol. The Labute approximate surface area is 208 Å². The first-order valence-electron chi connectivity index (χ1n) is 1.46. The molecule has 0 aliphatic carbocycles. The molecule has 0 N–H and O–H groups in total. The molecular formula is C2H3O4Rb3Si. The fourth-order valence-electron chi connectivity index (χ4n) is 0.102. The molecule has 42 valence electrons. The van der Waals surface area contributed by atoms with Gasteiger partial charge < -0.3 is 18.8 Å². The van der Waals surface area contributed by atoms with Gasteiger partial charge >= 0.3 is 175 Å². The minimum absolute atomic E-state index is 0. The molecule has 0 fully saturated rings. The van der Waals surface area contributed by atoms with Gasteiger partial charge in [-0.2, -0.15) is 0 Å². The van der Waals surface area contributed by atoms with E-state index in [0.717, 1.165) is 0 Å². The molecule has 0 aliphatic rings. The van der Waals surface area contributed by atoms with Crippen molar-refractivity contribution in [1.82, 2.24) is 0 Å². The van der Waals surface area contributed by atoms with Crippen molar-refractivity contribution >= 4 is 9.05 Å². The normalized spacial score (nSPS) is 7.50. The molecule has 10 heavy (non-hydrogen) atoms. The van der Waals surface area contributed by atoms with Gasteiger partial charge in [-0.25, -0.2) is 0 Å². The molecule has 0 aliphatic heterocycles. The van der Waals surface area contributed by atoms with Crippen LogP contribution in [0.3, 0.4) is 0 Å². The topological polar surface area (TPSA) is 78.4 Å². The Morgan fingerprint density at radius 1 is 1.10 bits per heavy atom. The van der Waals surface area contributed by atoms with E-state index in [9.17, 15) is 14.4 Å². The average Bonchev–Trinajstić information content (AvgIpc) is 1.30. The summed E-state index contributed by atoms with van der Waals surface area (Å²) in [6.07, 6.45) is 0.583. The average molecular weight is 376 g/mol. The molecule has 0 aromatic rings. The predicted octanol–water partition coefficient (Wildman–Crippen LogP) is -12.3. The van der Waals surface area contributed by atoms with E-state index in [0.29, 0.717) is 6.26 Å². The molecule has 0 atom stereocenters. The van der Waals surface area contributed by atoms with E-state index >= 15 is 0 Å². The molecule has 8 heteroatoms. The van der Waals surface area contributed by atoms with Crippen molar-refractivity contribution in [2.45, 2.75) is 0 Å². The standard InChI is InChI=1S/C2H3O4Si.3Rb/c1-2-6-7(3,4)5;;;/h2H,1H2;;;/q-3;3*+1. The predicted molar refractivity (Wildman–Crippen MR) is 17.0 cm³/mol. The molecule has 0 rings (SSSR count). The number of hydrogen-bond donors (Lipinski definition) is 0. The summed E-state index contributed by atoms with van der Waals surface area (Å²) < 4.78 is 3.47. The second kappa shape index (κ2) is 14.1. The Kier molecular flexibility index (Phi) is 34.2. The van der Waals surface area contributed by atoms with E-state index in [2.05, 4.69) is 11.0 Å². The Morgan fingerprint density at radius 3 is 1.40 bits per heavy atom. The van der Waals surface area contributed by atoms with Gasteiger partial charge in [-0.1, -0.05) is 6.58 Å². The first-order valence-corrected chi connectivity index (χ1v) is 3.09. The SMILES string of the molecule is C=CO[Si]([O-])([O-])[O-].[Rb+].[Rb+].[Rb+]. The maximum absolute atomic E-state index is 9.44. The Balaban J connectivity index is -0.0000000600. The molecule has 0 aromatic heterocycles.